The van der Waals surface area contributed by atoms with E-state index in [0.717, 1.165) is 30.9 Å². The summed E-state index contributed by atoms with van der Waals surface area (Å²) in [7, 11) is 0. The fourth-order valence-corrected chi connectivity index (χ4v) is 3.29. The second kappa shape index (κ2) is 5.89. The van der Waals surface area contributed by atoms with Crippen molar-refractivity contribution < 1.29 is 9.90 Å². The number of aliphatic hydroxyl groups is 1. The van der Waals surface area contributed by atoms with E-state index in [-0.39, 0.29) is 24.0 Å². The molecule has 1 heterocycles. The van der Waals surface area contributed by atoms with Crippen LogP contribution in [0.15, 0.2) is 0 Å². The molecule has 5 heteroatoms. The monoisotopic (exact) mass is 244 g/mol. The van der Waals surface area contributed by atoms with Crippen molar-refractivity contribution >= 4 is 17.7 Å². The second-order valence-electron chi connectivity index (χ2n) is 4.63. The third-order valence-electron chi connectivity index (χ3n) is 3.44. The Morgan fingerprint density at radius 3 is 2.94 bits per heavy atom. The predicted octanol–water partition coefficient (Wildman–Crippen LogP) is 0.316. The first kappa shape index (κ1) is 12.2. The number of hydrogen-bond acceptors (Lipinski definition) is 4. The Balaban J connectivity index is 1.71. The van der Waals surface area contributed by atoms with Gasteiger partial charge in [0.05, 0.1) is 12.1 Å². The van der Waals surface area contributed by atoms with Crippen LogP contribution in [0.4, 0.5) is 0 Å². The van der Waals surface area contributed by atoms with Crippen molar-refractivity contribution in [3.05, 3.63) is 0 Å². The molecule has 1 aliphatic heterocycles. The quantitative estimate of drug-likeness (QED) is 0.669. The van der Waals surface area contributed by atoms with Crippen LogP contribution in [-0.2, 0) is 4.79 Å². The van der Waals surface area contributed by atoms with Gasteiger partial charge in [-0.1, -0.05) is 12.8 Å². The van der Waals surface area contributed by atoms with Crippen LogP contribution in [0.25, 0.3) is 0 Å². The Labute approximate surface area is 101 Å². The molecular formula is C11H20N2O2S. The molecule has 92 valence electrons. The molecule has 2 rings (SSSR count). The van der Waals surface area contributed by atoms with Crippen LogP contribution >= 0.6 is 11.8 Å². The van der Waals surface area contributed by atoms with E-state index < -0.39 is 0 Å². The molecule has 0 spiro atoms. The van der Waals surface area contributed by atoms with Crippen molar-refractivity contribution in [1.29, 1.82) is 0 Å². The normalized spacial score (nSPS) is 34.9. The van der Waals surface area contributed by atoms with E-state index in [1.807, 2.05) is 0 Å². The van der Waals surface area contributed by atoms with Gasteiger partial charge in [-0.2, -0.15) is 0 Å². The van der Waals surface area contributed by atoms with Crippen LogP contribution in [0, 0.1) is 5.92 Å². The third kappa shape index (κ3) is 3.12. The van der Waals surface area contributed by atoms with Gasteiger partial charge in [0, 0.05) is 24.1 Å². The second-order valence-corrected chi connectivity index (χ2v) is 5.66. The zero-order chi connectivity index (χ0) is 11.4. The summed E-state index contributed by atoms with van der Waals surface area (Å²) < 4.78 is 0. The Hall–Kier alpha value is -0.260. The molecule has 0 aromatic heterocycles. The lowest BCUT2D eigenvalue weighted by Gasteiger charge is -2.28. The van der Waals surface area contributed by atoms with Crippen molar-refractivity contribution in [2.75, 3.05) is 18.2 Å². The van der Waals surface area contributed by atoms with Crippen molar-refractivity contribution in [2.45, 2.75) is 37.8 Å². The molecule has 0 bridgehead atoms. The van der Waals surface area contributed by atoms with Crippen LogP contribution in [0.5, 0.6) is 0 Å². The Kier molecular flexibility index (Phi) is 4.49. The highest BCUT2D eigenvalue weighted by atomic mass is 32.2. The summed E-state index contributed by atoms with van der Waals surface area (Å²) in [4.78, 5) is 11.7. The van der Waals surface area contributed by atoms with Crippen LogP contribution in [0.3, 0.4) is 0 Å². The maximum atomic E-state index is 11.7. The molecule has 0 radical (unpaired) electrons. The fraction of sp³-hybridized carbons (Fsp3) is 0.909. The van der Waals surface area contributed by atoms with Gasteiger partial charge in [-0.15, -0.1) is 11.8 Å². The molecule has 0 aromatic rings. The Morgan fingerprint density at radius 1 is 1.44 bits per heavy atom. The zero-order valence-electron chi connectivity index (χ0n) is 9.45. The van der Waals surface area contributed by atoms with Crippen LogP contribution in [-0.4, -0.2) is 41.3 Å². The van der Waals surface area contributed by atoms with E-state index in [2.05, 4.69) is 10.6 Å². The number of nitrogens with one attached hydrogen (secondary N) is 2. The van der Waals surface area contributed by atoms with Gasteiger partial charge in [-0.05, 0) is 12.8 Å². The number of rotatable bonds is 3. The molecule has 2 aliphatic rings. The largest absolute Gasteiger partial charge is 0.393 e. The van der Waals surface area contributed by atoms with Crippen molar-refractivity contribution in [2.24, 2.45) is 5.92 Å². The van der Waals surface area contributed by atoms with E-state index in [9.17, 15) is 9.90 Å². The highest BCUT2D eigenvalue weighted by Crippen LogP contribution is 2.23. The lowest BCUT2D eigenvalue weighted by atomic mass is 9.86. The molecule has 3 N–H and O–H groups in total. The Bertz CT molecular complexity index is 244. The summed E-state index contributed by atoms with van der Waals surface area (Å²) in [6, 6.07) is -0.0364. The molecule has 1 amide bonds. The minimum absolute atomic E-state index is 0.0364. The summed E-state index contributed by atoms with van der Waals surface area (Å²) >= 11 is 1.75. The smallest absolute Gasteiger partial charge is 0.238 e. The number of aliphatic hydroxyl groups excluding tert-OH is 1. The molecule has 16 heavy (non-hydrogen) atoms. The van der Waals surface area contributed by atoms with E-state index in [1.165, 1.54) is 6.42 Å². The van der Waals surface area contributed by atoms with Crippen LogP contribution in [0.1, 0.15) is 25.7 Å². The molecule has 0 aromatic carbocycles. The standard InChI is InChI=1S/C11H20N2O2S/c14-10-4-2-1-3-8(10)5-12-11(15)9-6-16-7-13-9/h8-10,13-14H,1-7H2,(H,12,15). The lowest BCUT2D eigenvalue weighted by Crippen LogP contribution is -2.45. The van der Waals surface area contributed by atoms with E-state index in [0.29, 0.717) is 6.54 Å². The SMILES string of the molecule is O=C(NCC1CCCCC1O)C1CSCN1. The molecule has 2 fully saturated rings. The number of carbonyl (C=O) groups excluding carboxylic acids is 1. The van der Waals surface area contributed by atoms with Gasteiger partial charge >= 0.3 is 0 Å². The number of hydrogen-bond donors (Lipinski definition) is 3. The minimum atomic E-state index is -0.222. The first-order chi connectivity index (χ1) is 7.77. The maximum Gasteiger partial charge on any atom is 0.238 e. The van der Waals surface area contributed by atoms with Crippen molar-refractivity contribution in [1.82, 2.24) is 10.6 Å². The summed E-state index contributed by atoms with van der Waals surface area (Å²) in [5.74, 6) is 2.07. The maximum absolute atomic E-state index is 11.7. The number of thioether (sulfide) groups is 1. The first-order valence-electron chi connectivity index (χ1n) is 6.04. The molecule has 1 saturated heterocycles. The van der Waals surface area contributed by atoms with E-state index in [4.69, 9.17) is 0 Å². The Morgan fingerprint density at radius 2 is 2.25 bits per heavy atom. The third-order valence-corrected chi connectivity index (χ3v) is 4.38. The number of amides is 1. The summed E-state index contributed by atoms with van der Waals surface area (Å²) in [5.41, 5.74) is 0. The van der Waals surface area contributed by atoms with E-state index in [1.54, 1.807) is 11.8 Å². The summed E-state index contributed by atoms with van der Waals surface area (Å²) in [6.07, 6.45) is 3.99. The fourth-order valence-electron chi connectivity index (χ4n) is 2.34. The topological polar surface area (TPSA) is 61.4 Å². The van der Waals surface area contributed by atoms with Gasteiger partial charge in [0.1, 0.15) is 0 Å². The zero-order valence-corrected chi connectivity index (χ0v) is 10.3. The summed E-state index contributed by atoms with van der Waals surface area (Å²) in [5, 5.41) is 15.9. The molecule has 4 nitrogen and oxygen atoms in total. The molecule has 3 atom stereocenters. The molecule has 1 aliphatic carbocycles. The number of carbonyl (C=O) groups is 1. The van der Waals surface area contributed by atoms with Gasteiger partial charge in [-0.3, -0.25) is 10.1 Å². The van der Waals surface area contributed by atoms with Crippen LogP contribution < -0.4 is 10.6 Å². The highest BCUT2D eigenvalue weighted by Gasteiger charge is 2.26. The van der Waals surface area contributed by atoms with Crippen molar-refractivity contribution in [3.63, 3.8) is 0 Å². The first-order valence-corrected chi connectivity index (χ1v) is 7.20. The van der Waals surface area contributed by atoms with E-state index >= 15 is 0 Å². The lowest BCUT2D eigenvalue weighted by molar-refractivity contribution is -0.122. The van der Waals surface area contributed by atoms with Gasteiger partial charge in [0.15, 0.2) is 0 Å². The average molecular weight is 244 g/mol. The highest BCUT2D eigenvalue weighted by molar-refractivity contribution is 7.99. The molecule has 3 unspecified atom stereocenters. The minimum Gasteiger partial charge on any atom is -0.393 e. The van der Waals surface area contributed by atoms with Crippen LogP contribution in [0.2, 0.25) is 0 Å². The summed E-state index contributed by atoms with van der Waals surface area (Å²) in [6.45, 7) is 0.628. The average Bonchev–Trinajstić information content (AvgIpc) is 2.81. The predicted molar refractivity (Wildman–Crippen MR) is 65.2 cm³/mol. The molecular weight excluding hydrogens is 224 g/mol. The van der Waals surface area contributed by atoms with Crippen molar-refractivity contribution in [3.8, 4) is 0 Å². The van der Waals surface area contributed by atoms with Gasteiger partial charge in [-0.25, -0.2) is 0 Å². The van der Waals surface area contributed by atoms with Gasteiger partial charge < -0.3 is 10.4 Å². The van der Waals surface area contributed by atoms with Gasteiger partial charge in [0.2, 0.25) is 5.91 Å². The molecule has 1 saturated carbocycles. The van der Waals surface area contributed by atoms with Gasteiger partial charge in [0.25, 0.3) is 0 Å².